The van der Waals surface area contributed by atoms with E-state index in [-0.39, 0.29) is 6.79 Å². The highest BCUT2D eigenvalue weighted by molar-refractivity contribution is 7.80. The first-order chi connectivity index (χ1) is 12.7. The van der Waals surface area contributed by atoms with Crippen LogP contribution in [0.3, 0.4) is 0 Å². The molecule has 0 bridgehead atoms. The average Bonchev–Trinajstić information content (AvgIpc) is 3.16. The number of methoxy groups -OCH3 is 1. The second-order valence-corrected chi connectivity index (χ2v) is 6.56. The summed E-state index contributed by atoms with van der Waals surface area (Å²) in [6.45, 7) is 3.84. The second-order valence-electron chi connectivity index (χ2n) is 6.17. The topological polar surface area (TPSA) is 46.2 Å². The summed E-state index contributed by atoms with van der Waals surface area (Å²) >= 11 is 5.58. The minimum Gasteiger partial charge on any atom is -0.497 e. The molecule has 0 aromatic heterocycles. The molecule has 0 unspecified atom stereocenters. The molecule has 2 aromatic rings. The van der Waals surface area contributed by atoms with Gasteiger partial charge in [0.25, 0.3) is 0 Å². The molecule has 136 valence electrons. The molecule has 0 aliphatic carbocycles. The minimum atomic E-state index is 0.273. The summed E-state index contributed by atoms with van der Waals surface area (Å²) in [4.78, 5) is 4.54. The smallest absolute Gasteiger partial charge is 0.231 e. The van der Waals surface area contributed by atoms with Crippen LogP contribution >= 0.6 is 12.2 Å². The number of anilines is 2. The molecular weight excluding hydrogens is 350 g/mol. The summed E-state index contributed by atoms with van der Waals surface area (Å²) in [6.07, 6.45) is 0. The number of nitrogens with one attached hydrogen (secondary N) is 1. The Kier molecular flexibility index (Phi) is 4.71. The zero-order valence-electron chi connectivity index (χ0n) is 14.6. The SMILES string of the molecule is COc1cccc(N2CCN(C(=S)Nc3ccc4c(c3)OCO4)CC2)c1. The molecule has 1 fully saturated rings. The summed E-state index contributed by atoms with van der Waals surface area (Å²) in [7, 11) is 1.69. The lowest BCUT2D eigenvalue weighted by Crippen LogP contribution is -2.50. The number of benzene rings is 2. The third-order valence-corrected chi connectivity index (χ3v) is 4.97. The van der Waals surface area contributed by atoms with Gasteiger partial charge >= 0.3 is 0 Å². The maximum Gasteiger partial charge on any atom is 0.231 e. The Labute approximate surface area is 158 Å². The van der Waals surface area contributed by atoms with E-state index in [2.05, 4.69) is 27.2 Å². The summed E-state index contributed by atoms with van der Waals surface area (Å²) < 4.78 is 16.1. The van der Waals surface area contributed by atoms with Crippen LogP contribution in [0.4, 0.5) is 11.4 Å². The van der Waals surface area contributed by atoms with E-state index in [1.165, 1.54) is 5.69 Å². The van der Waals surface area contributed by atoms with Gasteiger partial charge in [0.1, 0.15) is 5.75 Å². The van der Waals surface area contributed by atoms with Crippen LogP contribution in [-0.4, -0.2) is 50.1 Å². The van der Waals surface area contributed by atoms with Crippen molar-refractivity contribution in [3.8, 4) is 17.2 Å². The number of rotatable bonds is 3. The van der Waals surface area contributed by atoms with Gasteiger partial charge in [-0.1, -0.05) is 6.07 Å². The molecule has 2 aromatic carbocycles. The lowest BCUT2D eigenvalue weighted by atomic mass is 10.2. The second kappa shape index (κ2) is 7.29. The normalized spacial score (nSPS) is 15.7. The van der Waals surface area contributed by atoms with Crippen molar-refractivity contribution in [2.75, 3.05) is 50.3 Å². The maximum absolute atomic E-state index is 5.58. The maximum atomic E-state index is 5.58. The minimum absolute atomic E-state index is 0.273. The van der Waals surface area contributed by atoms with Gasteiger partial charge in [0.05, 0.1) is 7.11 Å². The molecule has 0 saturated carbocycles. The largest absolute Gasteiger partial charge is 0.497 e. The molecule has 26 heavy (non-hydrogen) atoms. The number of thiocarbonyl (C=S) groups is 1. The van der Waals surface area contributed by atoms with Crippen molar-refractivity contribution in [1.82, 2.24) is 4.90 Å². The number of piperazine rings is 1. The fourth-order valence-electron chi connectivity index (χ4n) is 3.15. The number of nitrogens with zero attached hydrogens (tertiary/aromatic N) is 2. The van der Waals surface area contributed by atoms with Crippen LogP contribution in [0.25, 0.3) is 0 Å². The van der Waals surface area contributed by atoms with Gasteiger partial charge in [-0.15, -0.1) is 0 Å². The molecule has 0 spiro atoms. The first-order valence-electron chi connectivity index (χ1n) is 8.57. The predicted octanol–water partition coefficient (Wildman–Crippen LogP) is 2.94. The van der Waals surface area contributed by atoms with Crippen molar-refractivity contribution >= 4 is 28.7 Å². The molecule has 2 aliphatic heterocycles. The molecule has 1 N–H and O–H groups in total. The van der Waals surface area contributed by atoms with Gasteiger partial charge in [-0.2, -0.15) is 0 Å². The van der Waals surface area contributed by atoms with Crippen molar-refractivity contribution in [1.29, 1.82) is 0 Å². The third-order valence-electron chi connectivity index (χ3n) is 4.61. The predicted molar refractivity (Wildman–Crippen MR) is 106 cm³/mol. The van der Waals surface area contributed by atoms with Crippen LogP contribution in [0.5, 0.6) is 17.2 Å². The molecule has 7 heteroatoms. The lowest BCUT2D eigenvalue weighted by molar-refractivity contribution is 0.174. The zero-order chi connectivity index (χ0) is 17.9. The first-order valence-corrected chi connectivity index (χ1v) is 8.98. The Hall–Kier alpha value is -2.67. The molecule has 0 amide bonds. The van der Waals surface area contributed by atoms with Gasteiger partial charge in [0, 0.05) is 49.7 Å². The quantitative estimate of drug-likeness (QED) is 0.833. The standard InChI is InChI=1S/C19H21N3O3S/c1-23-16-4-2-3-15(12-16)21-7-9-22(10-8-21)19(26)20-14-5-6-17-18(11-14)25-13-24-17/h2-6,11-12H,7-10,13H2,1H3,(H,20,26). The van der Waals surface area contributed by atoms with Crippen molar-refractivity contribution in [2.24, 2.45) is 0 Å². The number of hydrogen-bond donors (Lipinski definition) is 1. The van der Waals surface area contributed by atoms with Crippen LogP contribution in [0.2, 0.25) is 0 Å². The van der Waals surface area contributed by atoms with Crippen LogP contribution < -0.4 is 24.4 Å². The Morgan fingerprint density at radius 3 is 2.65 bits per heavy atom. The van der Waals surface area contributed by atoms with Gasteiger partial charge in [-0.3, -0.25) is 0 Å². The first kappa shape index (κ1) is 16.8. The van der Waals surface area contributed by atoms with Crippen molar-refractivity contribution in [2.45, 2.75) is 0 Å². The summed E-state index contributed by atoms with van der Waals surface area (Å²) in [5.74, 6) is 2.40. The summed E-state index contributed by atoms with van der Waals surface area (Å²) in [5.41, 5.74) is 2.09. The van der Waals surface area contributed by atoms with E-state index < -0.39 is 0 Å². The summed E-state index contributed by atoms with van der Waals surface area (Å²) in [6, 6.07) is 13.9. The molecule has 2 heterocycles. The van der Waals surface area contributed by atoms with E-state index in [1.54, 1.807) is 7.11 Å². The van der Waals surface area contributed by atoms with Crippen molar-refractivity contribution in [3.63, 3.8) is 0 Å². The molecule has 4 rings (SSSR count). The highest BCUT2D eigenvalue weighted by Gasteiger charge is 2.20. The molecule has 1 saturated heterocycles. The van der Waals surface area contributed by atoms with Gasteiger partial charge in [-0.05, 0) is 36.5 Å². The van der Waals surface area contributed by atoms with Gasteiger partial charge in [0.2, 0.25) is 6.79 Å². The third kappa shape index (κ3) is 3.48. The monoisotopic (exact) mass is 371 g/mol. The van der Waals surface area contributed by atoms with Crippen molar-refractivity contribution in [3.05, 3.63) is 42.5 Å². The van der Waals surface area contributed by atoms with Crippen LogP contribution in [-0.2, 0) is 0 Å². The van der Waals surface area contributed by atoms with Gasteiger partial charge in [0.15, 0.2) is 16.6 Å². The Morgan fingerprint density at radius 2 is 1.85 bits per heavy atom. The van der Waals surface area contributed by atoms with E-state index >= 15 is 0 Å². The Morgan fingerprint density at radius 1 is 1.04 bits per heavy atom. The fourth-order valence-corrected chi connectivity index (χ4v) is 3.45. The Bertz CT molecular complexity index is 806. The van der Waals surface area contributed by atoms with Crippen LogP contribution in [0, 0.1) is 0 Å². The van der Waals surface area contributed by atoms with E-state index in [4.69, 9.17) is 26.4 Å². The zero-order valence-corrected chi connectivity index (χ0v) is 15.4. The lowest BCUT2D eigenvalue weighted by Gasteiger charge is -2.37. The van der Waals surface area contributed by atoms with Crippen molar-refractivity contribution < 1.29 is 14.2 Å². The molecule has 2 aliphatic rings. The van der Waals surface area contributed by atoms with Gasteiger partial charge in [-0.25, -0.2) is 0 Å². The summed E-state index contributed by atoms with van der Waals surface area (Å²) in [5, 5.41) is 4.03. The van der Waals surface area contributed by atoms with Crippen LogP contribution in [0.1, 0.15) is 0 Å². The molecule has 0 atom stereocenters. The number of ether oxygens (including phenoxy) is 3. The Balaban J connectivity index is 1.34. The molecule has 6 nitrogen and oxygen atoms in total. The average molecular weight is 371 g/mol. The molecular formula is C19H21N3O3S. The van der Waals surface area contributed by atoms with E-state index in [1.807, 2.05) is 30.3 Å². The number of fused-ring (bicyclic) bond motifs is 1. The fraction of sp³-hybridized carbons (Fsp3) is 0.316. The highest BCUT2D eigenvalue weighted by Crippen LogP contribution is 2.34. The van der Waals surface area contributed by atoms with E-state index in [9.17, 15) is 0 Å². The van der Waals surface area contributed by atoms with Gasteiger partial charge < -0.3 is 29.3 Å². The van der Waals surface area contributed by atoms with Crippen LogP contribution in [0.15, 0.2) is 42.5 Å². The van der Waals surface area contributed by atoms with E-state index in [0.29, 0.717) is 0 Å². The highest BCUT2D eigenvalue weighted by atomic mass is 32.1. The molecule has 0 radical (unpaired) electrons. The van der Waals surface area contributed by atoms with E-state index in [0.717, 1.165) is 54.2 Å². The number of hydrogen-bond acceptors (Lipinski definition) is 5.